The molecular formula is C15H37N4O10P. The van der Waals surface area contributed by atoms with Gasteiger partial charge in [-0.1, -0.05) is 12.8 Å². The molecule has 0 heterocycles. The van der Waals surface area contributed by atoms with Crippen LogP contribution in [0.4, 0.5) is 0 Å². The van der Waals surface area contributed by atoms with Gasteiger partial charge in [-0.2, -0.15) is 0 Å². The van der Waals surface area contributed by atoms with E-state index in [4.69, 9.17) is 53.1 Å². The third kappa shape index (κ3) is 29.0. The summed E-state index contributed by atoms with van der Waals surface area (Å²) in [5.74, 6) is -1.87. The summed E-state index contributed by atoms with van der Waals surface area (Å²) in [5.41, 5.74) is 20.8. The van der Waals surface area contributed by atoms with Gasteiger partial charge in [-0.3, -0.25) is 14.1 Å². The highest BCUT2D eigenvalue weighted by Gasteiger charge is 2.15. The van der Waals surface area contributed by atoms with E-state index in [0.717, 1.165) is 25.7 Å². The number of aliphatic hydroxyl groups is 2. The van der Waals surface area contributed by atoms with Gasteiger partial charge >= 0.3 is 19.8 Å². The van der Waals surface area contributed by atoms with Crippen LogP contribution in [0.25, 0.3) is 0 Å². The second-order valence-electron chi connectivity index (χ2n) is 6.08. The molecule has 0 amide bonds. The SMILES string of the molecule is NCCCC[C@H](N)C(=O)O.NCCCC[C@H](N)C(=O)O.O=P(O)(O)OCC(O)CO. The quantitative estimate of drug-likeness (QED) is 0.0939. The van der Waals surface area contributed by atoms with Crippen molar-refractivity contribution in [3.05, 3.63) is 0 Å². The van der Waals surface area contributed by atoms with Crippen LogP contribution in [0.5, 0.6) is 0 Å². The molecule has 0 bridgehead atoms. The maximum Gasteiger partial charge on any atom is 0.469 e. The van der Waals surface area contributed by atoms with Crippen molar-refractivity contribution in [3.63, 3.8) is 0 Å². The summed E-state index contributed by atoms with van der Waals surface area (Å²) in [6.45, 7) is 0.0550. The van der Waals surface area contributed by atoms with Crippen molar-refractivity contribution in [2.75, 3.05) is 26.3 Å². The number of carboxylic acids is 2. The van der Waals surface area contributed by atoms with Gasteiger partial charge in [0.05, 0.1) is 13.2 Å². The summed E-state index contributed by atoms with van der Waals surface area (Å²) in [6, 6.07) is -1.43. The molecule has 14 N–H and O–H groups in total. The van der Waals surface area contributed by atoms with E-state index < -0.39 is 51.2 Å². The lowest BCUT2D eigenvalue weighted by molar-refractivity contribution is -0.139. The smallest absolute Gasteiger partial charge is 0.469 e. The van der Waals surface area contributed by atoms with Gasteiger partial charge in [0.25, 0.3) is 0 Å². The number of hydrogen-bond donors (Lipinski definition) is 10. The first-order chi connectivity index (χ1) is 13.8. The third-order valence-electron chi connectivity index (χ3n) is 3.22. The lowest BCUT2D eigenvalue weighted by Gasteiger charge is -2.07. The summed E-state index contributed by atoms with van der Waals surface area (Å²) < 4.78 is 13.8. The molecule has 0 fully saturated rings. The largest absolute Gasteiger partial charge is 0.480 e. The summed E-state index contributed by atoms with van der Waals surface area (Å²) in [5, 5.41) is 33.3. The van der Waals surface area contributed by atoms with Crippen LogP contribution in [0.3, 0.4) is 0 Å². The second-order valence-corrected chi connectivity index (χ2v) is 7.32. The molecule has 3 atom stereocenters. The monoisotopic (exact) mass is 464 g/mol. The summed E-state index contributed by atoms with van der Waals surface area (Å²) >= 11 is 0. The Kier molecular flexibility index (Phi) is 23.5. The number of hydrogen-bond acceptors (Lipinski definition) is 10. The second kappa shape index (κ2) is 21.1. The Bertz CT molecular complexity index is 454. The highest BCUT2D eigenvalue weighted by molar-refractivity contribution is 7.46. The van der Waals surface area contributed by atoms with Gasteiger partial charge in [0.2, 0.25) is 0 Å². The van der Waals surface area contributed by atoms with Crippen LogP contribution >= 0.6 is 7.82 Å². The predicted octanol–water partition coefficient (Wildman–Crippen LogP) is -2.50. The number of phosphoric ester groups is 1. The molecule has 0 aliphatic carbocycles. The molecule has 0 aliphatic heterocycles. The molecule has 0 aromatic heterocycles. The number of unbranched alkanes of at least 4 members (excludes halogenated alkanes) is 2. The molecule has 0 saturated carbocycles. The highest BCUT2D eigenvalue weighted by Crippen LogP contribution is 2.35. The predicted molar refractivity (Wildman–Crippen MR) is 108 cm³/mol. The zero-order chi connectivity index (χ0) is 24.2. The first-order valence-corrected chi connectivity index (χ1v) is 10.7. The average molecular weight is 464 g/mol. The molecule has 14 nitrogen and oxygen atoms in total. The Balaban J connectivity index is -0.000000364. The number of carbonyl (C=O) groups is 2. The fourth-order valence-corrected chi connectivity index (χ4v) is 1.87. The highest BCUT2D eigenvalue weighted by atomic mass is 31.2. The van der Waals surface area contributed by atoms with Crippen molar-refractivity contribution in [2.24, 2.45) is 22.9 Å². The van der Waals surface area contributed by atoms with Gasteiger partial charge in [0, 0.05) is 0 Å². The van der Waals surface area contributed by atoms with Gasteiger partial charge < -0.3 is 53.1 Å². The molecule has 15 heteroatoms. The van der Waals surface area contributed by atoms with Crippen molar-refractivity contribution in [2.45, 2.75) is 56.7 Å². The molecule has 1 unspecified atom stereocenters. The van der Waals surface area contributed by atoms with E-state index in [2.05, 4.69) is 4.52 Å². The van der Waals surface area contributed by atoms with E-state index in [0.29, 0.717) is 25.9 Å². The summed E-state index contributed by atoms with van der Waals surface area (Å²) in [6.07, 6.45) is 3.09. The summed E-state index contributed by atoms with van der Waals surface area (Å²) in [7, 11) is -4.50. The van der Waals surface area contributed by atoms with Crippen molar-refractivity contribution in [1.82, 2.24) is 0 Å². The molecular weight excluding hydrogens is 427 g/mol. The standard InChI is InChI=1S/2C6H14N2O2.C3H9O6P/c2*7-4-2-1-3-5(8)6(9)10;4-1-3(5)2-9-10(6,7)8/h2*5H,1-4,7-8H2,(H,9,10);3-5H,1-2H2,(H2,6,7,8)/t2*5-;/m00./s1. The fourth-order valence-electron chi connectivity index (χ4n) is 1.50. The van der Waals surface area contributed by atoms with Crippen molar-refractivity contribution in [1.29, 1.82) is 0 Å². The topological polar surface area (TPSA) is 286 Å². The van der Waals surface area contributed by atoms with E-state index in [1.54, 1.807) is 0 Å². The van der Waals surface area contributed by atoms with Crippen LogP contribution in [0.1, 0.15) is 38.5 Å². The molecule has 182 valence electrons. The molecule has 0 aliphatic rings. The van der Waals surface area contributed by atoms with Crippen LogP contribution in [-0.4, -0.2) is 86.6 Å². The van der Waals surface area contributed by atoms with Crippen LogP contribution in [0.15, 0.2) is 0 Å². The van der Waals surface area contributed by atoms with E-state index in [9.17, 15) is 14.2 Å². The molecule has 0 saturated heterocycles. The third-order valence-corrected chi connectivity index (χ3v) is 3.70. The van der Waals surface area contributed by atoms with E-state index in [-0.39, 0.29) is 0 Å². The number of nitrogens with two attached hydrogens (primary N) is 4. The lowest BCUT2D eigenvalue weighted by atomic mass is 10.1. The minimum absolute atomic E-state index is 0.520. The number of aliphatic hydroxyl groups excluding tert-OH is 2. The van der Waals surface area contributed by atoms with Gasteiger partial charge in [-0.15, -0.1) is 0 Å². The Morgan fingerprint density at radius 1 is 0.867 bits per heavy atom. The lowest BCUT2D eigenvalue weighted by Crippen LogP contribution is -2.29. The van der Waals surface area contributed by atoms with E-state index >= 15 is 0 Å². The van der Waals surface area contributed by atoms with Gasteiger partial charge in [-0.05, 0) is 38.8 Å². The Morgan fingerprint density at radius 2 is 1.23 bits per heavy atom. The molecule has 0 radical (unpaired) electrons. The first kappa shape index (κ1) is 33.4. The normalized spacial score (nSPS) is 13.7. The Labute approximate surface area is 175 Å². The van der Waals surface area contributed by atoms with E-state index in [1.165, 1.54) is 0 Å². The van der Waals surface area contributed by atoms with Crippen molar-refractivity contribution in [3.8, 4) is 0 Å². The molecule has 0 spiro atoms. The maximum absolute atomic E-state index is 10.1. The zero-order valence-corrected chi connectivity index (χ0v) is 17.8. The number of rotatable bonds is 14. The van der Waals surface area contributed by atoms with Gasteiger partial charge in [0.15, 0.2) is 0 Å². The molecule has 0 aromatic rings. The average Bonchev–Trinajstić information content (AvgIpc) is 2.66. The van der Waals surface area contributed by atoms with Crippen LogP contribution in [0.2, 0.25) is 0 Å². The van der Waals surface area contributed by atoms with Crippen LogP contribution in [-0.2, 0) is 18.7 Å². The van der Waals surface area contributed by atoms with E-state index in [1.807, 2.05) is 0 Å². The molecule has 0 rings (SSSR count). The Morgan fingerprint density at radius 3 is 1.47 bits per heavy atom. The van der Waals surface area contributed by atoms with Crippen molar-refractivity contribution < 1.29 is 48.9 Å². The first-order valence-electron chi connectivity index (χ1n) is 9.18. The van der Waals surface area contributed by atoms with Gasteiger partial charge in [0.1, 0.15) is 18.2 Å². The Hall–Kier alpha value is -1.19. The molecule has 30 heavy (non-hydrogen) atoms. The number of carboxylic acid groups (broad SMARTS) is 2. The fraction of sp³-hybridized carbons (Fsp3) is 0.867. The van der Waals surface area contributed by atoms with Crippen molar-refractivity contribution >= 4 is 19.8 Å². The van der Waals surface area contributed by atoms with Gasteiger partial charge in [-0.25, -0.2) is 4.57 Å². The summed E-state index contributed by atoms with van der Waals surface area (Å²) in [4.78, 5) is 36.4. The van der Waals surface area contributed by atoms with Crippen LogP contribution < -0.4 is 22.9 Å². The number of aliphatic carboxylic acids is 2. The number of phosphoric acid groups is 1. The maximum atomic E-state index is 10.1. The zero-order valence-electron chi connectivity index (χ0n) is 16.9. The minimum atomic E-state index is -4.50. The van der Waals surface area contributed by atoms with Crippen LogP contribution in [0, 0.1) is 0 Å². The molecule has 0 aromatic carbocycles. The minimum Gasteiger partial charge on any atom is -0.480 e.